The van der Waals surface area contributed by atoms with Crippen LogP contribution in [0.25, 0.3) is 11.3 Å². The summed E-state index contributed by atoms with van der Waals surface area (Å²) in [5.41, 5.74) is 10.0. The van der Waals surface area contributed by atoms with Gasteiger partial charge in [-0.05, 0) is 24.3 Å². The number of nitrogens with one attached hydrogen (secondary N) is 1. The normalized spacial score (nSPS) is 9.92. The average Bonchev–Trinajstić information content (AvgIpc) is 2.74. The SMILES string of the molecule is Nc1cccc(-c2cncnc2)ncsc1C(=O)Nc1ccncc1. The molecular weight excluding hydrogens is 336 g/mol. The van der Waals surface area contributed by atoms with E-state index >= 15 is 0 Å². The lowest BCUT2D eigenvalue weighted by Gasteiger charge is -2.04. The van der Waals surface area contributed by atoms with E-state index in [1.54, 1.807) is 60.6 Å². The van der Waals surface area contributed by atoms with Gasteiger partial charge in [0.15, 0.2) is 0 Å². The van der Waals surface area contributed by atoms with Crippen LogP contribution in [0.3, 0.4) is 0 Å². The van der Waals surface area contributed by atoms with Gasteiger partial charge in [-0.1, -0.05) is 6.07 Å². The monoisotopic (exact) mass is 350 g/mol. The number of amides is 1. The Kier molecular flexibility index (Phi) is 5.22. The second kappa shape index (κ2) is 7.93. The Hall–Kier alpha value is -3.39. The zero-order chi connectivity index (χ0) is 17.5. The highest BCUT2D eigenvalue weighted by atomic mass is 32.1. The first-order chi connectivity index (χ1) is 12.2. The summed E-state index contributed by atoms with van der Waals surface area (Å²) in [5.74, 6) is -0.309. The minimum Gasteiger partial charge on any atom is -0.397 e. The predicted molar refractivity (Wildman–Crippen MR) is 97.4 cm³/mol. The van der Waals surface area contributed by atoms with E-state index in [2.05, 4.69) is 25.3 Å². The van der Waals surface area contributed by atoms with Crippen molar-refractivity contribution < 1.29 is 4.79 Å². The number of rotatable bonds is 3. The van der Waals surface area contributed by atoms with E-state index in [4.69, 9.17) is 5.73 Å². The largest absolute Gasteiger partial charge is 0.397 e. The van der Waals surface area contributed by atoms with Crippen molar-refractivity contribution >= 4 is 28.6 Å². The number of nitrogens with zero attached hydrogens (tertiary/aromatic N) is 4. The van der Waals surface area contributed by atoms with Gasteiger partial charge >= 0.3 is 0 Å². The second-order valence-electron chi connectivity index (χ2n) is 4.87. The highest BCUT2D eigenvalue weighted by Gasteiger charge is 2.09. The number of nitrogen functional groups attached to an aromatic ring is 1. The number of aromatic nitrogens is 4. The van der Waals surface area contributed by atoms with Crippen molar-refractivity contribution in [1.82, 2.24) is 19.9 Å². The number of pyridine rings is 1. The predicted octanol–water partition coefficient (Wildman–Crippen LogP) is 2.95. The zero-order valence-electron chi connectivity index (χ0n) is 13.0. The molecule has 3 heterocycles. The Labute approximate surface area is 148 Å². The van der Waals surface area contributed by atoms with E-state index in [9.17, 15) is 4.79 Å². The van der Waals surface area contributed by atoms with Crippen LogP contribution in [0, 0.1) is 0 Å². The molecule has 25 heavy (non-hydrogen) atoms. The van der Waals surface area contributed by atoms with Crippen molar-refractivity contribution in [3.8, 4) is 11.3 Å². The van der Waals surface area contributed by atoms with E-state index in [0.29, 0.717) is 21.9 Å². The fourth-order valence-electron chi connectivity index (χ4n) is 1.98. The van der Waals surface area contributed by atoms with Crippen LogP contribution in [-0.4, -0.2) is 25.8 Å². The molecule has 3 aromatic heterocycles. The summed E-state index contributed by atoms with van der Waals surface area (Å²) in [4.78, 5) is 29.1. The van der Waals surface area contributed by atoms with Crippen LogP contribution in [0.2, 0.25) is 0 Å². The van der Waals surface area contributed by atoms with Crippen LogP contribution in [0.1, 0.15) is 9.67 Å². The van der Waals surface area contributed by atoms with Gasteiger partial charge in [0.1, 0.15) is 11.2 Å². The lowest BCUT2D eigenvalue weighted by atomic mass is 10.2. The summed E-state index contributed by atoms with van der Waals surface area (Å²) in [5, 5.41) is 2.78. The standard InChI is InChI=1S/C17H14N6OS/c18-14-2-1-3-15(12-8-20-10-21-9-12)22-11-25-16(14)17(24)23-13-4-6-19-7-5-13/h1-11H,18H2,(H,19,23,24). The van der Waals surface area contributed by atoms with Crippen LogP contribution in [-0.2, 0) is 0 Å². The first kappa shape index (κ1) is 16.5. The molecule has 0 fully saturated rings. The molecule has 0 radical (unpaired) electrons. The number of nitrogens with two attached hydrogens (primary N) is 1. The molecule has 3 N–H and O–H groups in total. The highest BCUT2D eigenvalue weighted by molar-refractivity contribution is 7.12. The molecule has 0 saturated carbocycles. The maximum absolute atomic E-state index is 12.5. The molecule has 0 aromatic carbocycles. The van der Waals surface area contributed by atoms with Crippen LogP contribution < -0.4 is 11.1 Å². The number of carbonyl (C=O) groups is 1. The molecular formula is C17H14N6OS. The molecule has 124 valence electrons. The fraction of sp³-hybridized carbons (Fsp3) is 0. The molecule has 0 aliphatic heterocycles. The summed E-state index contributed by atoms with van der Waals surface area (Å²) in [6.07, 6.45) is 7.99. The van der Waals surface area contributed by atoms with E-state index in [1.165, 1.54) is 6.33 Å². The minimum atomic E-state index is -0.309. The van der Waals surface area contributed by atoms with Crippen molar-refractivity contribution in [1.29, 1.82) is 0 Å². The van der Waals surface area contributed by atoms with Crippen molar-refractivity contribution in [3.63, 3.8) is 0 Å². The molecule has 0 aliphatic rings. The number of anilines is 2. The molecule has 8 heteroatoms. The van der Waals surface area contributed by atoms with E-state index < -0.39 is 0 Å². The first-order valence-electron chi connectivity index (χ1n) is 7.28. The van der Waals surface area contributed by atoms with E-state index in [-0.39, 0.29) is 5.91 Å². The van der Waals surface area contributed by atoms with E-state index in [0.717, 1.165) is 16.9 Å². The smallest absolute Gasteiger partial charge is 0.267 e. The van der Waals surface area contributed by atoms with E-state index in [1.807, 2.05) is 0 Å². The molecule has 0 saturated heterocycles. The Morgan fingerprint density at radius 2 is 1.80 bits per heavy atom. The topological polar surface area (TPSA) is 107 Å². The zero-order valence-corrected chi connectivity index (χ0v) is 13.9. The highest BCUT2D eigenvalue weighted by Crippen LogP contribution is 2.18. The van der Waals surface area contributed by atoms with Gasteiger partial charge in [-0.2, -0.15) is 0 Å². The summed E-state index contributed by atoms with van der Waals surface area (Å²) >= 11 is 1.15. The molecule has 1 amide bonds. The second-order valence-corrected chi connectivity index (χ2v) is 5.72. The minimum absolute atomic E-state index is 0.309. The van der Waals surface area contributed by atoms with Gasteiger partial charge in [0.2, 0.25) is 0 Å². The van der Waals surface area contributed by atoms with Gasteiger partial charge in [-0.25, -0.2) is 15.0 Å². The summed E-state index contributed by atoms with van der Waals surface area (Å²) < 4.78 is 0. The van der Waals surface area contributed by atoms with Crippen molar-refractivity contribution in [2.24, 2.45) is 0 Å². The summed E-state index contributed by atoms with van der Waals surface area (Å²) in [6, 6.07) is 8.58. The molecule has 0 spiro atoms. The van der Waals surface area contributed by atoms with Crippen LogP contribution >= 0.6 is 11.3 Å². The van der Waals surface area contributed by atoms with Gasteiger partial charge in [-0.3, -0.25) is 9.78 Å². The van der Waals surface area contributed by atoms with Crippen molar-refractivity contribution in [2.75, 3.05) is 11.1 Å². The Bertz CT molecular complexity index is 913. The third-order valence-corrected chi connectivity index (χ3v) is 4.02. The molecule has 0 aliphatic carbocycles. The Morgan fingerprint density at radius 3 is 2.56 bits per heavy atom. The molecule has 3 aromatic rings. The van der Waals surface area contributed by atoms with Gasteiger partial charge in [0.25, 0.3) is 5.91 Å². The average molecular weight is 350 g/mol. The molecule has 3 rings (SSSR count). The summed E-state index contributed by atoms with van der Waals surface area (Å²) in [6.45, 7) is 0. The summed E-state index contributed by atoms with van der Waals surface area (Å²) in [7, 11) is 0. The number of hydrogen-bond acceptors (Lipinski definition) is 7. The number of hydrogen-bond donors (Lipinski definition) is 2. The van der Waals surface area contributed by atoms with Gasteiger partial charge < -0.3 is 11.1 Å². The third-order valence-electron chi connectivity index (χ3n) is 3.16. The van der Waals surface area contributed by atoms with Crippen molar-refractivity contribution in [2.45, 2.75) is 0 Å². The maximum Gasteiger partial charge on any atom is 0.267 e. The molecule has 0 unspecified atom stereocenters. The number of carbonyl (C=O) groups excluding carboxylic acids is 1. The van der Waals surface area contributed by atoms with Gasteiger partial charge in [0, 0.05) is 36.0 Å². The van der Waals surface area contributed by atoms with Crippen LogP contribution in [0.5, 0.6) is 0 Å². The molecule has 0 atom stereocenters. The quantitative estimate of drug-likeness (QED) is 0.752. The Balaban J connectivity index is 1.95. The lowest BCUT2D eigenvalue weighted by molar-refractivity contribution is 0.103. The fourth-order valence-corrected chi connectivity index (χ4v) is 2.61. The molecule has 0 bridgehead atoms. The lowest BCUT2D eigenvalue weighted by Crippen LogP contribution is -2.12. The van der Waals surface area contributed by atoms with Gasteiger partial charge in [-0.15, -0.1) is 11.3 Å². The van der Waals surface area contributed by atoms with Gasteiger partial charge in [0.05, 0.1) is 16.9 Å². The van der Waals surface area contributed by atoms with Crippen LogP contribution in [0.15, 0.2) is 67.0 Å². The maximum atomic E-state index is 12.5. The first-order valence-corrected chi connectivity index (χ1v) is 8.16. The van der Waals surface area contributed by atoms with Crippen LogP contribution in [0.4, 0.5) is 11.4 Å². The third kappa shape index (κ3) is 4.33. The molecule has 7 nitrogen and oxygen atoms in total. The van der Waals surface area contributed by atoms with Crippen molar-refractivity contribution in [3.05, 3.63) is 71.8 Å². The Morgan fingerprint density at radius 1 is 1.04 bits per heavy atom.